The van der Waals surface area contributed by atoms with Crippen LogP contribution in [0, 0.1) is 0 Å². The molecule has 150 valence electrons. The van der Waals surface area contributed by atoms with Crippen LogP contribution in [0.3, 0.4) is 0 Å². The zero-order valence-electron chi connectivity index (χ0n) is 16.4. The Morgan fingerprint density at radius 2 is 1.89 bits per heavy atom. The van der Waals surface area contributed by atoms with Crippen LogP contribution in [0.1, 0.15) is 36.6 Å². The van der Waals surface area contributed by atoms with E-state index in [1.165, 1.54) is 0 Å². The van der Waals surface area contributed by atoms with E-state index in [2.05, 4.69) is 0 Å². The van der Waals surface area contributed by atoms with Gasteiger partial charge in [-0.2, -0.15) is 0 Å². The molecule has 1 aromatic heterocycles. The summed E-state index contributed by atoms with van der Waals surface area (Å²) >= 11 is 1.64. The lowest BCUT2D eigenvalue weighted by atomic mass is 10.2. The van der Waals surface area contributed by atoms with Crippen LogP contribution in [0.25, 0.3) is 0 Å². The summed E-state index contributed by atoms with van der Waals surface area (Å²) in [7, 11) is 0. The van der Waals surface area contributed by atoms with Gasteiger partial charge in [0.05, 0.1) is 19.2 Å². The summed E-state index contributed by atoms with van der Waals surface area (Å²) in [6.45, 7) is 4.26. The number of hydrogen-bond acceptors (Lipinski definition) is 4. The van der Waals surface area contributed by atoms with E-state index in [9.17, 15) is 9.59 Å². The van der Waals surface area contributed by atoms with E-state index in [0.717, 1.165) is 29.9 Å². The quantitative estimate of drug-likeness (QED) is 0.645. The zero-order chi connectivity index (χ0) is 19.8. The van der Waals surface area contributed by atoms with Crippen LogP contribution in [-0.4, -0.2) is 47.4 Å². The third-order valence-electron chi connectivity index (χ3n) is 4.93. The number of hydrogen-bond donors (Lipinski definition) is 0. The molecule has 0 aliphatic carbocycles. The van der Waals surface area contributed by atoms with Gasteiger partial charge >= 0.3 is 0 Å². The van der Waals surface area contributed by atoms with Crippen molar-refractivity contribution in [3.8, 4) is 0 Å². The molecular weight excluding hydrogens is 372 g/mol. The number of carbonyl (C=O) groups is 2. The summed E-state index contributed by atoms with van der Waals surface area (Å²) in [6.07, 6.45) is 2.41. The molecule has 0 saturated carbocycles. The SMILES string of the molecule is CCC(=O)N(CC(=O)N(Cc1ccccc1)Cc1cccs1)CC1CCCO1. The van der Waals surface area contributed by atoms with Gasteiger partial charge in [0.1, 0.15) is 0 Å². The summed E-state index contributed by atoms with van der Waals surface area (Å²) < 4.78 is 5.68. The maximum atomic E-state index is 13.2. The second-order valence-electron chi connectivity index (χ2n) is 7.08. The molecule has 2 heterocycles. The van der Waals surface area contributed by atoms with Crippen LogP contribution in [0.5, 0.6) is 0 Å². The molecule has 0 radical (unpaired) electrons. The molecule has 2 amide bonds. The second kappa shape index (κ2) is 10.4. The summed E-state index contributed by atoms with van der Waals surface area (Å²) in [5.41, 5.74) is 1.08. The molecule has 1 aliphatic heterocycles. The molecule has 28 heavy (non-hydrogen) atoms. The van der Waals surface area contributed by atoms with E-state index in [1.54, 1.807) is 16.2 Å². The largest absolute Gasteiger partial charge is 0.376 e. The van der Waals surface area contributed by atoms with Crippen molar-refractivity contribution in [3.63, 3.8) is 0 Å². The number of nitrogens with zero attached hydrogens (tertiary/aromatic N) is 2. The van der Waals surface area contributed by atoms with Crippen LogP contribution in [0.4, 0.5) is 0 Å². The lowest BCUT2D eigenvalue weighted by molar-refractivity contribution is -0.142. The molecule has 5 nitrogen and oxygen atoms in total. The Hall–Kier alpha value is -2.18. The molecule has 0 bridgehead atoms. The smallest absolute Gasteiger partial charge is 0.242 e. The van der Waals surface area contributed by atoms with E-state index in [-0.39, 0.29) is 24.5 Å². The Morgan fingerprint density at radius 1 is 1.07 bits per heavy atom. The minimum Gasteiger partial charge on any atom is -0.376 e. The molecule has 1 unspecified atom stereocenters. The van der Waals surface area contributed by atoms with Crippen molar-refractivity contribution in [1.82, 2.24) is 9.80 Å². The molecule has 0 spiro atoms. The van der Waals surface area contributed by atoms with Crippen molar-refractivity contribution < 1.29 is 14.3 Å². The number of ether oxygens (including phenoxy) is 1. The summed E-state index contributed by atoms with van der Waals surface area (Å²) in [6, 6.07) is 14.0. The van der Waals surface area contributed by atoms with Gasteiger partial charge in [0.2, 0.25) is 11.8 Å². The van der Waals surface area contributed by atoms with Crippen molar-refractivity contribution in [2.24, 2.45) is 0 Å². The van der Waals surface area contributed by atoms with Gasteiger partial charge in [0.15, 0.2) is 0 Å². The number of carbonyl (C=O) groups excluding carboxylic acids is 2. The molecule has 3 rings (SSSR count). The molecule has 1 fully saturated rings. The number of benzene rings is 1. The summed E-state index contributed by atoms with van der Waals surface area (Å²) in [5, 5.41) is 2.02. The monoisotopic (exact) mass is 400 g/mol. The molecule has 0 N–H and O–H groups in total. The molecular formula is C22H28N2O3S. The zero-order valence-corrected chi connectivity index (χ0v) is 17.2. The number of rotatable bonds is 9. The minimum atomic E-state index is -0.0305. The first-order valence-corrected chi connectivity index (χ1v) is 10.8. The van der Waals surface area contributed by atoms with Gasteiger partial charge < -0.3 is 14.5 Å². The molecule has 1 aromatic carbocycles. The molecule has 2 aromatic rings. The maximum Gasteiger partial charge on any atom is 0.242 e. The average Bonchev–Trinajstić information content (AvgIpc) is 3.41. The maximum absolute atomic E-state index is 13.2. The van der Waals surface area contributed by atoms with Crippen LogP contribution in [0.15, 0.2) is 47.8 Å². The Kier molecular flexibility index (Phi) is 7.62. The second-order valence-corrected chi connectivity index (χ2v) is 8.11. The van der Waals surface area contributed by atoms with Gasteiger partial charge in [0.25, 0.3) is 0 Å². The highest BCUT2D eigenvalue weighted by Crippen LogP contribution is 2.17. The number of thiophene rings is 1. The minimum absolute atomic E-state index is 0.000338. The fourth-order valence-electron chi connectivity index (χ4n) is 3.40. The van der Waals surface area contributed by atoms with E-state index < -0.39 is 0 Å². The van der Waals surface area contributed by atoms with Crippen molar-refractivity contribution in [3.05, 3.63) is 58.3 Å². The van der Waals surface area contributed by atoms with Gasteiger partial charge in [-0.1, -0.05) is 43.3 Å². The standard InChI is InChI=1S/C22H28N2O3S/c1-2-21(25)24(15-19-10-6-12-27-19)17-22(26)23(16-20-11-7-13-28-20)14-18-8-4-3-5-9-18/h3-5,7-9,11,13,19H,2,6,10,12,14-17H2,1H3. The lowest BCUT2D eigenvalue weighted by Gasteiger charge is -2.29. The van der Waals surface area contributed by atoms with Crippen LogP contribution < -0.4 is 0 Å². The topological polar surface area (TPSA) is 49.9 Å². The van der Waals surface area contributed by atoms with Crippen molar-refractivity contribution >= 4 is 23.2 Å². The van der Waals surface area contributed by atoms with Gasteiger partial charge in [-0.25, -0.2) is 0 Å². The molecule has 1 saturated heterocycles. The fraction of sp³-hybridized carbons (Fsp3) is 0.455. The average molecular weight is 401 g/mol. The first-order valence-electron chi connectivity index (χ1n) is 9.89. The van der Waals surface area contributed by atoms with Gasteiger partial charge in [0, 0.05) is 31.0 Å². The first kappa shape index (κ1) is 20.6. The predicted molar refractivity (Wildman–Crippen MR) is 111 cm³/mol. The highest BCUT2D eigenvalue weighted by Gasteiger charge is 2.25. The Bertz CT molecular complexity index is 742. The molecule has 6 heteroatoms. The Morgan fingerprint density at radius 3 is 2.54 bits per heavy atom. The first-order chi connectivity index (χ1) is 13.7. The van der Waals surface area contributed by atoms with Crippen LogP contribution in [0.2, 0.25) is 0 Å². The van der Waals surface area contributed by atoms with Gasteiger partial charge in [-0.05, 0) is 29.9 Å². The highest BCUT2D eigenvalue weighted by atomic mass is 32.1. The van der Waals surface area contributed by atoms with Gasteiger partial charge in [-0.3, -0.25) is 9.59 Å². The predicted octanol–water partition coefficient (Wildman–Crippen LogP) is 3.69. The van der Waals surface area contributed by atoms with E-state index in [1.807, 2.05) is 59.7 Å². The van der Waals surface area contributed by atoms with E-state index in [0.29, 0.717) is 26.1 Å². The Labute approximate surface area is 170 Å². The third kappa shape index (κ3) is 5.91. The van der Waals surface area contributed by atoms with Gasteiger partial charge in [-0.15, -0.1) is 11.3 Å². The Balaban J connectivity index is 1.70. The van der Waals surface area contributed by atoms with Crippen molar-refractivity contribution in [1.29, 1.82) is 0 Å². The van der Waals surface area contributed by atoms with E-state index in [4.69, 9.17) is 4.74 Å². The van der Waals surface area contributed by atoms with Crippen LogP contribution in [-0.2, 0) is 27.4 Å². The fourth-order valence-corrected chi connectivity index (χ4v) is 4.12. The summed E-state index contributed by atoms with van der Waals surface area (Å²) in [5.74, 6) is -0.0308. The lowest BCUT2D eigenvalue weighted by Crippen LogP contribution is -2.45. The summed E-state index contributed by atoms with van der Waals surface area (Å²) in [4.78, 5) is 30.3. The van der Waals surface area contributed by atoms with Crippen LogP contribution >= 0.6 is 11.3 Å². The van der Waals surface area contributed by atoms with Crippen molar-refractivity contribution in [2.45, 2.75) is 45.4 Å². The normalized spacial score (nSPS) is 16.1. The van der Waals surface area contributed by atoms with Crippen molar-refractivity contribution in [2.75, 3.05) is 19.7 Å². The number of amides is 2. The molecule has 1 atom stereocenters. The molecule has 1 aliphatic rings. The third-order valence-corrected chi connectivity index (χ3v) is 5.79. The highest BCUT2D eigenvalue weighted by molar-refractivity contribution is 7.09. The van der Waals surface area contributed by atoms with E-state index >= 15 is 0 Å².